The molecule has 8 heteroatoms. The normalized spacial score (nSPS) is 20.6. The first-order valence-corrected chi connectivity index (χ1v) is 7.06. The van der Waals surface area contributed by atoms with E-state index in [1.165, 1.54) is 7.11 Å². The number of aromatic nitrogens is 2. The Bertz CT molecular complexity index is 659. The zero-order chi connectivity index (χ0) is 15.5. The third kappa shape index (κ3) is 3.69. The predicted octanol–water partition coefficient (Wildman–Crippen LogP) is 1.99. The quantitative estimate of drug-likeness (QED) is 0.856. The first-order valence-electron chi connectivity index (χ1n) is 7.06. The predicted molar refractivity (Wildman–Crippen MR) is 84.5 cm³/mol. The minimum Gasteiger partial charge on any atom is -0.465 e. The Balaban J connectivity index is 0.00000192. The molecule has 1 N–H and O–H groups in total. The van der Waals surface area contributed by atoms with Crippen molar-refractivity contribution < 1.29 is 18.8 Å². The van der Waals surface area contributed by atoms with Crippen LogP contribution < -0.4 is 5.32 Å². The average Bonchev–Trinajstić information content (AvgIpc) is 3.04. The lowest BCUT2D eigenvalue weighted by Crippen LogP contribution is -2.40. The van der Waals surface area contributed by atoms with Crippen LogP contribution in [0.3, 0.4) is 0 Å². The number of carbonyl (C=O) groups is 1. The minimum atomic E-state index is -0.377. The van der Waals surface area contributed by atoms with Crippen molar-refractivity contribution in [2.24, 2.45) is 0 Å². The summed E-state index contributed by atoms with van der Waals surface area (Å²) >= 11 is 0. The molecule has 7 nitrogen and oxygen atoms in total. The van der Waals surface area contributed by atoms with Crippen molar-refractivity contribution in [1.29, 1.82) is 0 Å². The molecule has 0 radical (unpaired) electrons. The fraction of sp³-hybridized carbons (Fsp3) is 0.400. The van der Waals surface area contributed by atoms with E-state index in [1.807, 2.05) is 6.92 Å². The van der Waals surface area contributed by atoms with Gasteiger partial charge in [-0.1, -0.05) is 17.3 Å². The minimum absolute atomic E-state index is 0. The van der Waals surface area contributed by atoms with Crippen LogP contribution in [-0.4, -0.2) is 42.5 Å². The van der Waals surface area contributed by atoms with Crippen LogP contribution in [0.5, 0.6) is 0 Å². The van der Waals surface area contributed by atoms with E-state index in [0.717, 1.165) is 12.1 Å². The third-order valence-electron chi connectivity index (χ3n) is 3.59. The Morgan fingerprint density at radius 3 is 2.74 bits per heavy atom. The van der Waals surface area contributed by atoms with Crippen molar-refractivity contribution in [3.63, 3.8) is 0 Å². The molecule has 2 atom stereocenters. The standard InChI is InChI=1S/C15H17N3O4.ClH/c1-9-12(16-7-8-21-9)14-17-13(18-22-14)10-3-5-11(6-4-10)15(19)20-2;/h3-6,9,12,16H,7-8H2,1-2H3;1H/t9-,12+;/m1./s1. The molecular weight excluding hydrogens is 322 g/mol. The van der Waals surface area contributed by atoms with Crippen molar-refractivity contribution in [2.75, 3.05) is 20.3 Å². The lowest BCUT2D eigenvalue weighted by atomic mass is 10.1. The number of esters is 1. The Kier molecular flexibility index (Phi) is 5.70. The fourth-order valence-electron chi connectivity index (χ4n) is 2.36. The van der Waals surface area contributed by atoms with Crippen LogP contribution in [0.4, 0.5) is 0 Å². The van der Waals surface area contributed by atoms with Crippen LogP contribution in [0.25, 0.3) is 11.4 Å². The Hall–Kier alpha value is -1.96. The second-order valence-electron chi connectivity index (χ2n) is 5.03. The van der Waals surface area contributed by atoms with E-state index in [-0.39, 0.29) is 30.5 Å². The highest BCUT2D eigenvalue weighted by Gasteiger charge is 2.28. The van der Waals surface area contributed by atoms with Gasteiger partial charge in [-0.15, -0.1) is 12.4 Å². The van der Waals surface area contributed by atoms with Crippen LogP contribution in [0.2, 0.25) is 0 Å². The van der Waals surface area contributed by atoms with E-state index in [4.69, 9.17) is 9.26 Å². The van der Waals surface area contributed by atoms with Crippen molar-refractivity contribution in [1.82, 2.24) is 15.5 Å². The molecule has 0 saturated carbocycles. The van der Waals surface area contributed by atoms with E-state index >= 15 is 0 Å². The molecule has 1 aliphatic heterocycles. The molecule has 1 aromatic carbocycles. The molecule has 2 aromatic rings. The number of halogens is 1. The number of methoxy groups -OCH3 is 1. The zero-order valence-electron chi connectivity index (χ0n) is 12.8. The van der Waals surface area contributed by atoms with Gasteiger partial charge in [-0.3, -0.25) is 0 Å². The summed E-state index contributed by atoms with van der Waals surface area (Å²) in [6, 6.07) is 6.75. The highest BCUT2D eigenvalue weighted by molar-refractivity contribution is 5.89. The number of nitrogens with one attached hydrogen (secondary N) is 1. The van der Waals surface area contributed by atoms with Crippen molar-refractivity contribution in [3.8, 4) is 11.4 Å². The van der Waals surface area contributed by atoms with Gasteiger partial charge >= 0.3 is 5.97 Å². The molecule has 0 spiro atoms. The monoisotopic (exact) mass is 339 g/mol. The molecule has 1 aliphatic rings. The molecule has 0 aliphatic carbocycles. The molecule has 0 bridgehead atoms. The molecule has 0 amide bonds. The molecule has 1 fully saturated rings. The number of hydrogen-bond donors (Lipinski definition) is 1. The molecule has 1 aromatic heterocycles. The van der Waals surface area contributed by atoms with Crippen LogP contribution in [0.1, 0.15) is 29.2 Å². The topological polar surface area (TPSA) is 86.5 Å². The van der Waals surface area contributed by atoms with E-state index in [2.05, 4.69) is 20.2 Å². The van der Waals surface area contributed by atoms with Gasteiger partial charge in [-0.2, -0.15) is 4.98 Å². The first kappa shape index (κ1) is 17.4. The third-order valence-corrected chi connectivity index (χ3v) is 3.59. The van der Waals surface area contributed by atoms with Gasteiger partial charge in [0.25, 0.3) is 0 Å². The molecule has 1 saturated heterocycles. The summed E-state index contributed by atoms with van der Waals surface area (Å²) in [5.41, 5.74) is 1.25. The van der Waals surface area contributed by atoms with E-state index in [1.54, 1.807) is 24.3 Å². The van der Waals surface area contributed by atoms with Gasteiger partial charge in [-0.05, 0) is 19.1 Å². The van der Waals surface area contributed by atoms with E-state index in [9.17, 15) is 4.79 Å². The van der Waals surface area contributed by atoms with Gasteiger partial charge in [0.05, 0.1) is 25.4 Å². The number of rotatable bonds is 3. The number of morpholine rings is 1. The summed E-state index contributed by atoms with van der Waals surface area (Å²) in [5.74, 6) is 0.600. The summed E-state index contributed by atoms with van der Waals surface area (Å²) in [7, 11) is 1.35. The van der Waals surface area contributed by atoms with Gasteiger partial charge in [-0.25, -0.2) is 4.79 Å². The van der Waals surface area contributed by atoms with Gasteiger partial charge in [0.1, 0.15) is 6.04 Å². The first-order chi connectivity index (χ1) is 10.7. The Labute approximate surface area is 139 Å². The van der Waals surface area contributed by atoms with Crippen LogP contribution in [0, 0.1) is 0 Å². The average molecular weight is 340 g/mol. The Morgan fingerprint density at radius 1 is 1.35 bits per heavy atom. The SMILES string of the molecule is COC(=O)c1ccc(-c2noc([C@H]3NCCO[C@@H]3C)n2)cc1.Cl. The maximum atomic E-state index is 11.4. The van der Waals surface area contributed by atoms with E-state index in [0.29, 0.717) is 23.9 Å². The van der Waals surface area contributed by atoms with Crippen LogP contribution >= 0.6 is 12.4 Å². The second-order valence-corrected chi connectivity index (χ2v) is 5.03. The number of nitrogens with zero attached hydrogens (tertiary/aromatic N) is 2. The maximum absolute atomic E-state index is 11.4. The molecule has 23 heavy (non-hydrogen) atoms. The highest BCUT2D eigenvalue weighted by atomic mass is 35.5. The maximum Gasteiger partial charge on any atom is 0.337 e. The van der Waals surface area contributed by atoms with E-state index < -0.39 is 0 Å². The van der Waals surface area contributed by atoms with Gasteiger partial charge < -0.3 is 19.3 Å². The largest absolute Gasteiger partial charge is 0.465 e. The van der Waals surface area contributed by atoms with Gasteiger partial charge in [0.2, 0.25) is 11.7 Å². The number of benzene rings is 1. The van der Waals surface area contributed by atoms with Gasteiger partial charge in [0, 0.05) is 12.1 Å². The summed E-state index contributed by atoms with van der Waals surface area (Å²) < 4.78 is 15.6. The summed E-state index contributed by atoms with van der Waals surface area (Å²) in [5, 5.41) is 7.29. The van der Waals surface area contributed by atoms with Crippen LogP contribution in [-0.2, 0) is 9.47 Å². The van der Waals surface area contributed by atoms with Gasteiger partial charge in [0.15, 0.2) is 0 Å². The lowest BCUT2D eigenvalue weighted by Gasteiger charge is -2.27. The number of carbonyl (C=O) groups excluding carboxylic acids is 1. The molecule has 124 valence electrons. The van der Waals surface area contributed by atoms with Crippen molar-refractivity contribution in [3.05, 3.63) is 35.7 Å². The highest BCUT2D eigenvalue weighted by Crippen LogP contribution is 2.23. The van der Waals surface area contributed by atoms with Crippen LogP contribution in [0.15, 0.2) is 28.8 Å². The Morgan fingerprint density at radius 2 is 2.09 bits per heavy atom. The molecule has 3 rings (SSSR count). The summed E-state index contributed by atoms with van der Waals surface area (Å²) in [4.78, 5) is 15.8. The molecule has 2 heterocycles. The van der Waals surface area contributed by atoms with Crippen molar-refractivity contribution >= 4 is 18.4 Å². The lowest BCUT2D eigenvalue weighted by molar-refractivity contribution is -0.00136. The molecule has 0 unspecified atom stereocenters. The second kappa shape index (κ2) is 7.54. The fourth-order valence-corrected chi connectivity index (χ4v) is 2.36. The number of hydrogen-bond acceptors (Lipinski definition) is 7. The molecular formula is C15H18ClN3O4. The zero-order valence-corrected chi connectivity index (χ0v) is 13.6. The smallest absolute Gasteiger partial charge is 0.337 e. The van der Waals surface area contributed by atoms with Crippen molar-refractivity contribution in [2.45, 2.75) is 19.1 Å². The summed E-state index contributed by atoms with van der Waals surface area (Å²) in [6.07, 6.45) is -0.0243. The number of ether oxygens (including phenoxy) is 2. The summed E-state index contributed by atoms with van der Waals surface area (Å²) in [6.45, 7) is 3.39.